The molecule has 0 amide bonds. The molecule has 2 aromatic rings. The van der Waals surface area contributed by atoms with E-state index in [4.69, 9.17) is 11.6 Å². The fourth-order valence-electron chi connectivity index (χ4n) is 1.91. The van der Waals surface area contributed by atoms with E-state index in [1.165, 1.54) is 9.13 Å². The maximum absolute atomic E-state index is 12.1. The van der Waals surface area contributed by atoms with E-state index in [-0.39, 0.29) is 0 Å². The van der Waals surface area contributed by atoms with Crippen molar-refractivity contribution in [2.45, 2.75) is 26.8 Å². The Hall–Kier alpha value is -1.81. The SMILES string of the molecule is CC(C)CCn1ccn(-c2cccc(Cl)c2)c(=O)c1=O. The van der Waals surface area contributed by atoms with E-state index < -0.39 is 11.1 Å². The topological polar surface area (TPSA) is 44.0 Å². The standard InChI is InChI=1S/C15H17ClN2O2/c1-11(2)6-7-17-8-9-18(15(20)14(17)19)13-5-3-4-12(16)10-13/h3-5,8-11H,6-7H2,1-2H3. The Morgan fingerprint density at radius 2 is 1.90 bits per heavy atom. The highest BCUT2D eigenvalue weighted by Gasteiger charge is 2.07. The summed E-state index contributed by atoms with van der Waals surface area (Å²) in [6, 6.07) is 6.86. The zero-order valence-corrected chi connectivity index (χ0v) is 12.3. The van der Waals surface area contributed by atoms with E-state index in [0.717, 1.165) is 6.42 Å². The molecular formula is C15H17ClN2O2. The summed E-state index contributed by atoms with van der Waals surface area (Å²) in [5.41, 5.74) is -0.470. The van der Waals surface area contributed by atoms with Gasteiger partial charge in [-0.05, 0) is 30.5 Å². The normalized spacial score (nSPS) is 11.0. The van der Waals surface area contributed by atoms with Crippen molar-refractivity contribution in [3.63, 3.8) is 0 Å². The van der Waals surface area contributed by atoms with Gasteiger partial charge in [-0.2, -0.15) is 0 Å². The van der Waals surface area contributed by atoms with Crippen LogP contribution in [0.25, 0.3) is 5.69 Å². The minimum Gasteiger partial charge on any atom is -0.309 e. The van der Waals surface area contributed by atoms with Gasteiger partial charge in [0, 0.05) is 24.0 Å². The highest BCUT2D eigenvalue weighted by atomic mass is 35.5. The minimum absolute atomic E-state index is 0.484. The molecule has 0 saturated heterocycles. The fraction of sp³-hybridized carbons (Fsp3) is 0.333. The van der Waals surface area contributed by atoms with Crippen molar-refractivity contribution < 1.29 is 0 Å². The van der Waals surface area contributed by atoms with Crippen LogP contribution in [0.2, 0.25) is 5.02 Å². The van der Waals surface area contributed by atoms with E-state index in [1.807, 2.05) is 0 Å². The number of hydrogen-bond donors (Lipinski definition) is 0. The molecule has 1 aromatic carbocycles. The summed E-state index contributed by atoms with van der Waals surface area (Å²) in [5.74, 6) is 0.484. The molecule has 0 saturated carbocycles. The number of nitrogens with zero attached hydrogens (tertiary/aromatic N) is 2. The smallest absolute Gasteiger partial charge is 0.309 e. The van der Waals surface area contributed by atoms with Gasteiger partial charge in [-0.1, -0.05) is 31.5 Å². The molecule has 20 heavy (non-hydrogen) atoms. The van der Waals surface area contributed by atoms with Gasteiger partial charge in [0.2, 0.25) is 0 Å². The summed E-state index contributed by atoms with van der Waals surface area (Å²) in [4.78, 5) is 24.2. The van der Waals surface area contributed by atoms with Crippen molar-refractivity contribution in [1.82, 2.24) is 9.13 Å². The molecule has 0 N–H and O–H groups in total. The Morgan fingerprint density at radius 3 is 2.55 bits per heavy atom. The van der Waals surface area contributed by atoms with Crippen LogP contribution in [-0.4, -0.2) is 9.13 Å². The molecule has 0 unspecified atom stereocenters. The van der Waals surface area contributed by atoms with Gasteiger partial charge >= 0.3 is 11.1 Å². The lowest BCUT2D eigenvalue weighted by Gasteiger charge is -2.10. The van der Waals surface area contributed by atoms with E-state index in [2.05, 4.69) is 13.8 Å². The lowest BCUT2D eigenvalue weighted by atomic mass is 10.1. The van der Waals surface area contributed by atoms with Gasteiger partial charge in [0.1, 0.15) is 0 Å². The first kappa shape index (κ1) is 14.6. The van der Waals surface area contributed by atoms with Gasteiger partial charge in [0.25, 0.3) is 0 Å². The number of aromatic nitrogens is 2. The summed E-state index contributed by atoms with van der Waals surface area (Å²) in [5, 5.41) is 0.526. The number of rotatable bonds is 4. The number of halogens is 1. The molecule has 4 nitrogen and oxygen atoms in total. The quantitative estimate of drug-likeness (QED) is 0.813. The molecule has 0 atom stereocenters. The van der Waals surface area contributed by atoms with Gasteiger partial charge < -0.3 is 4.57 Å². The molecule has 0 aliphatic rings. The van der Waals surface area contributed by atoms with Gasteiger partial charge in [-0.3, -0.25) is 14.2 Å². The lowest BCUT2D eigenvalue weighted by molar-refractivity contribution is 0.503. The first-order valence-electron chi connectivity index (χ1n) is 6.57. The molecular weight excluding hydrogens is 276 g/mol. The summed E-state index contributed by atoms with van der Waals surface area (Å²) in [6.45, 7) is 4.72. The van der Waals surface area contributed by atoms with E-state index in [1.54, 1.807) is 36.7 Å². The molecule has 0 aliphatic carbocycles. The van der Waals surface area contributed by atoms with Crippen LogP contribution < -0.4 is 11.1 Å². The molecule has 1 heterocycles. The fourth-order valence-corrected chi connectivity index (χ4v) is 2.10. The first-order valence-corrected chi connectivity index (χ1v) is 6.95. The number of hydrogen-bond acceptors (Lipinski definition) is 2. The zero-order chi connectivity index (χ0) is 14.7. The van der Waals surface area contributed by atoms with Crippen molar-refractivity contribution in [3.8, 4) is 5.69 Å². The molecule has 0 fully saturated rings. The van der Waals surface area contributed by atoms with Gasteiger partial charge in [0.05, 0.1) is 5.69 Å². The first-order chi connectivity index (χ1) is 9.49. The van der Waals surface area contributed by atoms with Gasteiger partial charge in [-0.15, -0.1) is 0 Å². The molecule has 0 radical (unpaired) electrons. The Labute approximate surface area is 122 Å². The van der Waals surface area contributed by atoms with Crippen molar-refractivity contribution in [3.05, 3.63) is 62.4 Å². The van der Waals surface area contributed by atoms with E-state index in [0.29, 0.717) is 23.2 Å². The van der Waals surface area contributed by atoms with Crippen molar-refractivity contribution >= 4 is 11.6 Å². The predicted molar refractivity (Wildman–Crippen MR) is 80.8 cm³/mol. The molecule has 2 rings (SSSR count). The lowest BCUT2D eigenvalue weighted by Crippen LogP contribution is -2.40. The van der Waals surface area contributed by atoms with E-state index in [9.17, 15) is 9.59 Å². The van der Waals surface area contributed by atoms with Crippen LogP contribution in [0.1, 0.15) is 20.3 Å². The number of aryl methyl sites for hydroxylation is 1. The summed E-state index contributed by atoms with van der Waals surface area (Å²) in [6.07, 6.45) is 4.11. The van der Waals surface area contributed by atoms with Crippen LogP contribution in [-0.2, 0) is 6.54 Å². The molecule has 0 bridgehead atoms. The Bertz CT molecular complexity index is 716. The van der Waals surface area contributed by atoms with Crippen LogP contribution in [0.4, 0.5) is 0 Å². The average molecular weight is 293 g/mol. The maximum Gasteiger partial charge on any atom is 0.320 e. The van der Waals surface area contributed by atoms with Crippen LogP contribution in [0.5, 0.6) is 0 Å². The third-order valence-electron chi connectivity index (χ3n) is 3.09. The Balaban J connectivity index is 2.41. The molecule has 5 heteroatoms. The second-order valence-corrected chi connectivity index (χ2v) is 5.57. The highest BCUT2D eigenvalue weighted by Crippen LogP contribution is 2.12. The third kappa shape index (κ3) is 3.20. The second kappa shape index (κ2) is 6.09. The van der Waals surface area contributed by atoms with Crippen molar-refractivity contribution in [2.75, 3.05) is 0 Å². The van der Waals surface area contributed by atoms with Crippen LogP contribution in [0.15, 0.2) is 46.2 Å². The monoisotopic (exact) mass is 292 g/mol. The van der Waals surface area contributed by atoms with Crippen LogP contribution >= 0.6 is 11.6 Å². The average Bonchev–Trinajstić information content (AvgIpc) is 2.40. The highest BCUT2D eigenvalue weighted by molar-refractivity contribution is 6.30. The Morgan fingerprint density at radius 1 is 1.15 bits per heavy atom. The van der Waals surface area contributed by atoms with Crippen LogP contribution in [0.3, 0.4) is 0 Å². The van der Waals surface area contributed by atoms with Gasteiger partial charge in [0.15, 0.2) is 0 Å². The molecule has 106 valence electrons. The summed E-state index contributed by atoms with van der Waals surface area (Å²) >= 11 is 5.90. The zero-order valence-electron chi connectivity index (χ0n) is 11.5. The minimum atomic E-state index is -0.557. The van der Waals surface area contributed by atoms with Crippen LogP contribution in [0, 0.1) is 5.92 Å². The Kier molecular flexibility index (Phi) is 4.45. The molecule has 0 spiro atoms. The third-order valence-corrected chi connectivity index (χ3v) is 3.33. The molecule has 1 aromatic heterocycles. The summed E-state index contributed by atoms with van der Waals surface area (Å²) in [7, 11) is 0. The largest absolute Gasteiger partial charge is 0.320 e. The van der Waals surface area contributed by atoms with E-state index >= 15 is 0 Å². The maximum atomic E-state index is 12.1. The van der Waals surface area contributed by atoms with Crippen molar-refractivity contribution in [1.29, 1.82) is 0 Å². The summed E-state index contributed by atoms with van der Waals surface area (Å²) < 4.78 is 2.78. The van der Waals surface area contributed by atoms with Gasteiger partial charge in [-0.25, -0.2) is 0 Å². The number of benzene rings is 1. The van der Waals surface area contributed by atoms with Crippen molar-refractivity contribution in [2.24, 2.45) is 5.92 Å². The second-order valence-electron chi connectivity index (χ2n) is 5.13. The predicted octanol–water partition coefficient (Wildman–Crippen LogP) is 2.70. The molecule has 0 aliphatic heterocycles.